The van der Waals surface area contributed by atoms with E-state index in [4.69, 9.17) is 17.3 Å². The van der Waals surface area contributed by atoms with Gasteiger partial charge in [-0.05, 0) is 66.1 Å². The van der Waals surface area contributed by atoms with Crippen molar-refractivity contribution >= 4 is 23.4 Å². The van der Waals surface area contributed by atoms with Crippen molar-refractivity contribution in [2.75, 3.05) is 0 Å². The summed E-state index contributed by atoms with van der Waals surface area (Å²) < 4.78 is 1.90. The summed E-state index contributed by atoms with van der Waals surface area (Å²) in [6, 6.07) is 6.41. The van der Waals surface area contributed by atoms with E-state index < -0.39 is 0 Å². The molecule has 0 saturated heterocycles. The second-order valence-electron chi connectivity index (χ2n) is 5.14. The first-order valence-corrected chi connectivity index (χ1v) is 7.83. The largest absolute Gasteiger partial charge is 0.328 e. The average Bonchev–Trinajstić information content (AvgIpc) is 3.14. The Labute approximate surface area is 126 Å². The Hall–Kier alpha value is -1.11. The van der Waals surface area contributed by atoms with Crippen molar-refractivity contribution in [3.05, 3.63) is 28.8 Å². The first kappa shape index (κ1) is 13.9. The van der Waals surface area contributed by atoms with Crippen LogP contribution in [-0.4, -0.2) is 26.2 Å². The summed E-state index contributed by atoms with van der Waals surface area (Å²) in [7, 11) is 0. The van der Waals surface area contributed by atoms with Crippen molar-refractivity contribution in [2.45, 2.75) is 48.3 Å². The minimum Gasteiger partial charge on any atom is -0.328 e. The molecule has 7 heteroatoms. The lowest BCUT2D eigenvalue weighted by Crippen LogP contribution is -2.18. The normalized spacial score (nSPS) is 16.4. The quantitative estimate of drug-likeness (QED) is 0.919. The van der Waals surface area contributed by atoms with Gasteiger partial charge in [0.25, 0.3) is 0 Å². The van der Waals surface area contributed by atoms with Gasteiger partial charge in [0, 0.05) is 16.0 Å². The van der Waals surface area contributed by atoms with E-state index in [0.717, 1.165) is 39.9 Å². The first-order chi connectivity index (χ1) is 9.65. The molecule has 1 aliphatic carbocycles. The number of hydrogen-bond donors (Lipinski definition) is 1. The van der Waals surface area contributed by atoms with Gasteiger partial charge in [0.15, 0.2) is 0 Å². The van der Waals surface area contributed by atoms with Crippen LogP contribution in [0.2, 0.25) is 5.02 Å². The lowest BCUT2D eigenvalue weighted by atomic mass is 10.1. The molecule has 1 fully saturated rings. The minimum atomic E-state index is 0.0636. The van der Waals surface area contributed by atoms with E-state index in [2.05, 4.69) is 15.5 Å². The fourth-order valence-corrected chi connectivity index (χ4v) is 3.38. The number of hydrogen-bond acceptors (Lipinski definition) is 5. The van der Waals surface area contributed by atoms with Gasteiger partial charge in [-0.1, -0.05) is 17.7 Å². The fraction of sp³-hybridized carbons (Fsp3) is 0.462. The van der Waals surface area contributed by atoms with Crippen LogP contribution in [0.3, 0.4) is 0 Å². The highest BCUT2D eigenvalue weighted by atomic mass is 35.5. The molecule has 20 heavy (non-hydrogen) atoms. The number of aromatic nitrogens is 4. The van der Waals surface area contributed by atoms with E-state index in [-0.39, 0.29) is 6.04 Å². The van der Waals surface area contributed by atoms with Gasteiger partial charge in [-0.3, -0.25) is 0 Å². The third-order valence-corrected chi connectivity index (χ3v) is 4.57. The number of halogens is 1. The van der Waals surface area contributed by atoms with Gasteiger partial charge in [0.1, 0.15) is 0 Å². The van der Waals surface area contributed by atoms with Crippen LogP contribution in [0, 0.1) is 0 Å². The summed E-state index contributed by atoms with van der Waals surface area (Å²) >= 11 is 7.86. The molecular formula is C13H16ClN5S. The van der Waals surface area contributed by atoms with Gasteiger partial charge in [0.2, 0.25) is 5.16 Å². The summed E-state index contributed by atoms with van der Waals surface area (Å²) in [5.74, 6) is 0. The number of nitrogens with two attached hydrogens (primary N) is 1. The molecule has 2 aromatic rings. The SMILES string of the molecule is CC(N)Cc1c(Cl)cccc1Sc1nnnn1C1CC1. The van der Waals surface area contributed by atoms with E-state index >= 15 is 0 Å². The number of tetrazole rings is 1. The van der Waals surface area contributed by atoms with Gasteiger partial charge in [-0.15, -0.1) is 5.10 Å². The number of nitrogens with zero attached hydrogens (tertiary/aromatic N) is 4. The molecular weight excluding hydrogens is 294 g/mol. The molecule has 0 spiro atoms. The van der Waals surface area contributed by atoms with Crippen LogP contribution in [-0.2, 0) is 6.42 Å². The maximum atomic E-state index is 6.30. The Morgan fingerprint density at radius 3 is 3.00 bits per heavy atom. The summed E-state index contributed by atoms with van der Waals surface area (Å²) in [5.41, 5.74) is 6.98. The Kier molecular flexibility index (Phi) is 3.96. The summed E-state index contributed by atoms with van der Waals surface area (Å²) in [6.45, 7) is 1.98. The highest BCUT2D eigenvalue weighted by Crippen LogP contribution is 2.39. The smallest absolute Gasteiger partial charge is 0.214 e. The molecule has 1 aliphatic rings. The van der Waals surface area contributed by atoms with E-state index in [0.29, 0.717) is 6.04 Å². The lowest BCUT2D eigenvalue weighted by Gasteiger charge is -2.12. The van der Waals surface area contributed by atoms with E-state index in [1.807, 2.05) is 29.8 Å². The highest BCUT2D eigenvalue weighted by Gasteiger charge is 2.28. The van der Waals surface area contributed by atoms with Crippen LogP contribution in [0.4, 0.5) is 0 Å². The molecule has 106 valence electrons. The van der Waals surface area contributed by atoms with Crippen LogP contribution in [0.25, 0.3) is 0 Å². The zero-order valence-electron chi connectivity index (χ0n) is 11.2. The fourth-order valence-electron chi connectivity index (χ4n) is 2.05. The molecule has 0 radical (unpaired) electrons. The van der Waals surface area contributed by atoms with Crippen molar-refractivity contribution in [2.24, 2.45) is 5.73 Å². The molecule has 1 aromatic heterocycles. The van der Waals surface area contributed by atoms with E-state index in [1.54, 1.807) is 11.8 Å². The Morgan fingerprint density at radius 2 is 2.30 bits per heavy atom. The van der Waals surface area contributed by atoms with Crippen LogP contribution in [0.15, 0.2) is 28.3 Å². The molecule has 1 saturated carbocycles. The van der Waals surface area contributed by atoms with Gasteiger partial charge >= 0.3 is 0 Å². The second-order valence-corrected chi connectivity index (χ2v) is 6.55. The van der Waals surface area contributed by atoms with E-state index in [1.165, 1.54) is 0 Å². The molecule has 1 aromatic carbocycles. The molecule has 5 nitrogen and oxygen atoms in total. The zero-order valence-corrected chi connectivity index (χ0v) is 12.7. The van der Waals surface area contributed by atoms with Gasteiger partial charge in [0.05, 0.1) is 6.04 Å². The summed E-state index contributed by atoms with van der Waals surface area (Å²) in [6.07, 6.45) is 3.05. The van der Waals surface area contributed by atoms with Crippen LogP contribution in [0.1, 0.15) is 31.4 Å². The monoisotopic (exact) mass is 309 g/mol. The third-order valence-electron chi connectivity index (χ3n) is 3.16. The van der Waals surface area contributed by atoms with Crippen molar-refractivity contribution in [1.29, 1.82) is 0 Å². The topological polar surface area (TPSA) is 69.6 Å². The first-order valence-electron chi connectivity index (χ1n) is 6.64. The molecule has 3 rings (SSSR count). The van der Waals surface area contributed by atoms with Crippen LogP contribution >= 0.6 is 23.4 Å². The standard InChI is InChI=1S/C13H16ClN5S/c1-8(15)7-10-11(14)3-2-4-12(10)20-13-16-17-18-19(13)9-5-6-9/h2-4,8-9H,5-7,15H2,1H3. The van der Waals surface area contributed by atoms with Gasteiger partial charge < -0.3 is 5.73 Å². The molecule has 0 amide bonds. The van der Waals surface area contributed by atoms with Crippen molar-refractivity contribution in [3.63, 3.8) is 0 Å². The predicted molar refractivity (Wildman–Crippen MR) is 79.0 cm³/mol. The van der Waals surface area contributed by atoms with Crippen molar-refractivity contribution < 1.29 is 0 Å². The molecule has 1 unspecified atom stereocenters. The van der Waals surface area contributed by atoms with Gasteiger partial charge in [-0.25, -0.2) is 4.68 Å². The van der Waals surface area contributed by atoms with Crippen LogP contribution < -0.4 is 5.73 Å². The Bertz CT molecular complexity index is 609. The average molecular weight is 310 g/mol. The third kappa shape index (κ3) is 2.97. The van der Waals surface area contributed by atoms with Gasteiger partial charge in [-0.2, -0.15) is 0 Å². The second kappa shape index (κ2) is 5.71. The lowest BCUT2D eigenvalue weighted by molar-refractivity contribution is 0.565. The highest BCUT2D eigenvalue weighted by molar-refractivity contribution is 7.99. The van der Waals surface area contributed by atoms with E-state index in [9.17, 15) is 0 Å². The summed E-state index contributed by atoms with van der Waals surface area (Å²) in [5, 5.41) is 13.5. The van der Waals surface area contributed by atoms with Crippen molar-refractivity contribution in [3.8, 4) is 0 Å². The maximum Gasteiger partial charge on any atom is 0.214 e. The molecule has 1 heterocycles. The zero-order chi connectivity index (χ0) is 14.1. The molecule has 0 bridgehead atoms. The minimum absolute atomic E-state index is 0.0636. The maximum absolute atomic E-state index is 6.30. The Morgan fingerprint density at radius 1 is 1.50 bits per heavy atom. The number of rotatable bonds is 5. The molecule has 1 atom stereocenters. The Balaban J connectivity index is 1.89. The van der Waals surface area contributed by atoms with Crippen LogP contribution in [0.5, 0.6) is 0 Å². The summed E-state index contributed by atoms with van der Waals surface area (Å²) in [4.78, 5) is 1.08. The van der Waals surface area contributed by atoms with Crippen molar-refractivity contribution in [1.82, 2.24) is 20.2 Å². The molecule has 2 N–H and O–H groups in total. The number of benzene rings is 1. The predicted octanol–water partition coefficient (Wildman–Crippen LogP) is 2.70. The molecule has 0 aliphatic heterocycles.